The number of nitrogens with two attached hydrogens (primary N) is 1. The maximum Gasteiger partial charge on any atom is 0.405 e. The van der Waals surface area contributed by atoms with Gasteiger partial charge in [-0.3, -0.25) is 4.79 Å². The number of benzene rings is 2. The van der Waals surface area contributed by atoms with Gasteiger partial charge in [0, 0.05) is 6.54 Å². The van der Waals surface area contributed by atoms with Gasteiger partial charge in [0.25, 0.3) is 0 Å². The molecular weight excluding hydrogens is 427 g/mol. The smallest absolute Gasteiger partial charge is 0.346 e. The molecule has 1 fully saturated rings. The van der Waals surface area contributed by atoms with Crippen LogP contribution in [0.3, 0.4) is 0 Å². The van der Waals surface area contributed by atoms with Crippen molar-refractivity contribution >= 4 is 5.91 Å². The molecule has 4 nitrogen and oxygen atoms in total. The molecule has 1 amide bonds. The first-order valence-corrected chi connectivity index (χ1v) is 11.8. The van der Waals surface area contributed by atoms with Gasteiger partial charge >= 0.3 is 6.18 Å². The standard InChI is InChI=1S/C26H32F3N3O/c27-26(28,29)18-31-24(33)25(13-5-6-14-32-15-7-8-19(16-30)17-32)22-11-3-1-9-20(22)21-10-2-4-12-23(21)25/h1-4,9-12,19H,5-8,13-18,30H2,(H,31,33). The lowest BCUT2D eigenvalue weighted by Gasteiger charge is -2.33. The summed E-state index contributed by atoms with van der Waals surface area (Å²) >= 11 is 0. The number of carbonyl (C=O) groups excluding carboxylic acids is 1. The third kappa shape index (κ3) is 4.94. The number of unbranched alkanes of at least 4 members (excludes halogenated alkanes) is 1. The zero-order valence-electron chi connectivity index (χ0n) is 18.8. The van der Waals surface area contributed by atoms with E-state index in [1.807, 2.05) is 48.5 Å². The van der Waals surface area contributed by atoms with E-state index < -0.39 is 24.0 Å². The van der Waals surface area contributed by atoms with Gasteiger partial charge in [0.05, 0.1) is 0 Å². The van der Waals surface area contributed by atoms with Gasteiger partial charge in [0.2, 0.25) is 5.91 Å². The predicted octanol–water partition coefficient (Wildman–Crippen LogP) is 4.47. The molecule has 1 aliphatic heterocycles. The molecule has 178 valence electrons. The van der Waals surface area contributed by atoms with Gasteiger partial charge in [-0.15, -0.1) is 0 Å². The highest BCUT2D eigenvalue weighted by Gasteiger charge is 2.49. The average Bonchev–Trinajstić information content (AvgIpc) is 3.11. The third-order valence-corrected chi connectivity index (χ3v) is 7.11. The first-order valence-electron chi connectivity index (χ1n) is 11.8. The maximum absolute atomic E-state index is 13.5. The SMILES string of the molecule is NCC1CCCN(CCCCC2(C(=O)NCC(F)(F)F)c3ccccc3-c3ccccc32)C1. The second-order valence-corrected chi connectivity index (χ2v) is 9.30. The minimum Gasteiger partial charge on any atom is -0.346 e. The number of nitrogens with one attached hydrogen (secondary N) is 1. The fourth-order valence-electron chi connectivity index (χ4n) is 5.56. The van der Waals surface area contributed by atoms with Crippen molar-refractivity contribution in [1.82, 2.24) is 10.2 Å². The highest BCUT2D eigenvalue weighted by molar-refractivity contribution is 6.00. The Hall–Kier alpha value is -2.38. The summed E-state index contributed by atoms with van der Waals surface area (Å²) in [6.45, 7) is 2.34. The highest BCUT2D eigenvalue weighted by atomic mass is 19.4. The van der Waals surface area contributed by atoms with E-state index in [1.54, 1.807) is 0 Å². The van der Waals surface area contributed by atoms with Crippen LogP contribution < -0.4 is 11.1 Å². The Labute approximate surface area is 193 Å². The molecule has 4 rings (SSSR count). The Bertz CT molecular complexity index is 930. The van der Waals surface area contributed by atoms with Crippen LogP contribution in [0.2, 0.25) is 0 Å². The van der Waals surface area contributed by atoms with Gasteiger partial charge < -0.3 is 16.0 Å². The minimum atomic E-state index is -4.46. The summed E-state index contributed by atoms with van der Waals surface area (Å²) in [7, 11) is 0. The lowest BCUT2D eigenvalue weighted by Crippen LogP contribution is -2.47. The van der Waals surface area contributed by atoms with E-state index in [4.69, 9.17) is 5.73 Å². The van der Waals surface area contributed by atoms with Crippen LogP contribution in [0.1, 0.15) is 43.2 Å². The molecule has 7 heteroatoms. The van der Waals surface area contributed by atoms with Gasteiger partial charge in [0.1, 0.15) is 12.0 Å². The summed E-state index contributed by atoms with van der Waals surface area (Å²) in [6, 6.07) is 15.2. The summed E-state index contributed by atoms with van der Waals surface area (Å²) in [5.74, 6) is -0.0368. The molecule has 1 aliphatic carbocycles. The van der Waals surface area contributed by atoms with E-state index in [9.17, 15) is 18.0 Å². The molecule has 1 atom stereocenters. The highest BCUT2D eigenvalue weighted by Crippen LogP contribution is 2.51. The number of fused-ring (bicyclic) bond motifs is 3. The van der Waals surface area contributed by atoms with Gasteiger partial charge in [-0.05, 0) is 73.5 Å². The number of hydrogen-bond acceptors (Lipinski definition) is 3. The average molecular weight is 460 g/mol. The van der Waals surface area contributed by atoms with E-state index in [-0.39, 0.29) is 0 Å². The van der Waals surface area contributed by atoms with Crippen molar-refractivity contribution in [3.05, 3.63) is 59.7 Å². The Kier molecular flexibility index (Phi) is 7.10. The molecule has 2 aromatic carbocycles. The van der Waals surface area contributed by atoms with Gasteiger partial charge in [-0.1, -0.05) is 55.0 Å². The monoisotopic (exact) mass is 459 g/mol. The largest absolute Gasteiger partial charge is 0.405 e. The van der Waals surface area contributed by atoms with Crippen molar-refractivity contribution in [2.24, 2.45) is 11.7 Å². The second kappa shape index (κ2) is 9.85. The van der Waals surface area contributed by atoms with Crippen LogP contribution >= 0.6 is 0 Å². The normalized spacial score (nSPS) is 19.7. The number of nitrogens with zero attached hydrogens (tertiary/aromatic N) is 1. The second-order valence-electron chi connectivity index (χ2n) is 9.30. The number of rotatable bonds is 8. The summed E-state index contributed by atoms with van der Waals surface area (Å²) in [5, 5.41) is 2.20. The number of halogens is 3. The zero-order valence-corrected chi connectivity index (χ0v) is 18.8. The van der Waals surface area contributed by atoms with E-state index in [0.717, 1.165) is 61.2 Å². The van der Waals surface area contributed by atoms with Crippen molar-refractivity contribution in [2.45, 2.75) is 43.7 Å². The first kappa shape index (κ1) is 23.8. The van der Waals surface area contributed by atoms with Crippen LogP contribution in [0.15, 0.2) is 48.5 Å². The van der Waals surface area contributed by atoms with Crippen molar-refractivity contribution in [2.75, 3.05) is 32.7 Å². The molecule has 3 N–H and O–H groups in total. The number of alkyl halides is 3. The van der Waals surface area contributed by atoms with Gasteiger partial charge in [-0.25, -0.2) is 0 Å². The number of amides is 1. The van der Waals surface area contributed by atoms with Crippen LogP contribution in [0.5, 0.6) is 0 Å². The fraction of sp³-hybridized carbons (Fsp3) is 0.500. The van der Waals surface area contributed by atoms with Crippen molar-refractivity contribution in [3.63, 3.8) is 0 Å². The molecule has 0 radical (unpaired) electrons. The lowest BCUT2D eigenvalue weighted by molar-refractivity contribution is -0.141. The molecule has 0 aromatic heterocycles. The van der Waals surface area contributed by atoms with Crippen LogP contribution in [0.4, 0.5) is 13.2 Å². The quantitative estimate of drug-likeness (QED) is 0.573. The number of carbonyl (C=O) groups is 1. The molecule has 0 saturated carbocycles. The van der Waals surface area contributed by atoms with E-state index in [1.165, 1.54) is 6.42 Å². The minimum absolute atomic E-state index is 0.471. The molecule has 2 aliphatic rings. The van der Waals surface area contributed by atoms with E-state index in [0.29, 0.717) is 18.9 Å². The summed E-state index contributed by atoms with van der Waals surface area (Å²) in [5.41, 5.74) is 8.19. The Balaban J connectivity index is 1.56. The molecule has 1 unspecified atom stereocenters. The van der Waals surface area contributed by atoms with Crippen molar-refractivity contribution in [3.8, 4) is 11.1 Å². The Morgan fingerprint density at radius 2 is 1.70 bits per heavy atom. The fourth-order valence-corrected chi connectivity index (χ4v) is 5.56. The maximum atomic E-state index is 13.5. The molecule has 0 spiro atoms. The van der Waals surface area contributed by atoms with E-state index >= 15 is 0 Å². The van der Waals surface area contributed by atoms with Crippen LogP contribution in [-0.2, 0) is 10.2 Å². The number of hydrogen-bond donors (Lipinski definition) is 2. The van der Waals surface area contributed by atoms with Gasteiger partial charge in [-0.2, -0.15) is 13.2 Å². The number of piperidine rings is 1. The van der Waals surface area contributed by atoms with Crippen molar-refractivity contribution in [1.29, 1.82) is 0 Å². The van der Waals surface area contributed by atoms with Gasteiger partial charge in [0.15, 0.2) is 0 Å². The summed E-state index contributed by atoms with van der Waals surface area (Å²) in [6.07, 6.45) is -0.0432. The lowest BCUT2D eigenvalue weighted by atomic mass is 9.73. The summed E-state index contributed by atoms with van der Waals surface area (Å²) in [4.78, 5) is 15.9. The topological polar surface area (TPSA) is 58.4 Å². The molecule has 1 saturated heterocycles. The first-order chi connectivity index (χ1) is 15.8. The van der Waals surface area contributed by atoms with Crippen LogP contribution in [-0.4, -0.2) is 49.7 Å². The van der Waals surface area contributed by atoms with E-state index in [2.05, 4.69) is 10.2 Å². The molecule has 2 aromatic rings. The Morgan fingerprint density at radius 3 is 2.30 bits per heavy atom. The zero-order chi connectivity index (χ0) is 23.5. The molecular formula is C26H32F3N3O. The summed E-state index contributed by atoms with van der Waals surface area (Å²) < 4.78 is 38.9. The third-order valence-electron chi connectivity index (χ3n) is 7.11. The molecule has 1 heterocycles. The molecule has 33 heavy (non-hydrogen) atoms. The Morgan fingerprint density at radius 1 is 1.06 bits per heavy atom. The van der Waals surface area contributed by atoms with Crippen LogP contribution in [0, 0.1) is 5.92 Å². The van der Waals surface area contributed by atoms with Crippen molar-refractivity contribution < 1.29 is 18.0 Å². The van der Waals surface area contributed by atoms with Crippen LogP contribution in [0.25, 0.3) is 11.1 Å². The number of likely N-dealkylation sites (tertiary alicyclic amines) is 1. The molecule has 0 bridgehead atoms. The predicted molar refractivity (Wildman–Crippen MR) is 124 cm³/mol.